The van der Waals surface area contributed by atoms with Crippen LogP contribution >= 0.6 is 0 Å². The standard InChI is InChI=1S/C29H50N2/c1-4-5-6-7-8-9-10-11-12-13-14-15-16-20-23-30-24-25-31(27(2)3)29(30)26-28-21-18-17-19-22-28/h17-19,21-22,24-25,27,29H,4-16,20,23,26H2,1-3H3. The summed E-state index contributed by atoms with van der Waals surface area (Å²) >= 11 is 0. The minimum atomic E-state index is 0.476. The maximum absolute atomic E-state index is 2.58. The number of unbranched alkanes of at least 4 members (excludes halogenated alkanes) is 13. The third-order valence-electron chi connectivity index (χ3n) is 6.78. The molecule has 1 aliphatic heterocycles. The van der Waals surface area contributed by atoms with Gasteiger partial charge in [-0.25, -0.2) is 0 Å². The van der Waals surface area contributed by atoms with E-state index in [-0.39, 0.29) is 0 Å². The third-order valence-corrected chi connectivity index (χ3v) is 6.78. The van der Waals surface area contributed by atoms with E-state index in [0.29, 0.717) is 12.2 Å². The second-order valence-electron chi connectivity index (χ2n) is 9.84. The van der Waals surface area contributed by atoms with Crippen LogP contribution in [0.25, 0.3) is 0 Å². The Hall–Kier alpha value is -1.44. The molecule has 2 nitrogen and oxygen atoms in total. The van der Waals surface area contributed by atoms with Gasteiger partial charge in [0.25, 0.3) is 0 Å². The molecule has 0 radical (unpaired) electrons. The molecule has 0 bridgehead atoms. The van der Waals surface area contributed by atoms with Crippen LogP contribution < -0.4 is 0 Å². The van der Waals surface area contributed by atoms with Crippen molar-refractivity contribution in [3.63, 3.8) is 0 Å². The molecule has 1 aromatic carbocycles. The van der Waals surface area contributed by atoms with Gasteiger partial charge in [0, 0.05) is 31.4 Å². The van der Waals surface area contributed by atoms with Gasteiger partial charge in [-0.1, -0.05) is 121 Å². The lowest BCUT2D eigenvalue weighted by atomic mass is 10.0. The van der Waals surface area contributed by atoms with Crippen molar-refractivity contribution in [1.82, 2.24) is 9.80 Å². The Labute approximate surface area is 194 Å². The molecule has 1 heterocycles. The zero-order chi connectivity index (χ0) is 22.2. The minimum Gasteiger partial charge on any atom is -0.356 e. The highest BCUT2D eigenvalue weighted by molar-refractivity contribution is 5.17. The average molecular weight is 427 g/mol. The molecule has 1 unspecified atom stereocenters. The van der Waals surface area contributed by atoms with Crippen LogP contribution in [0, 0.1) is 0 Å². The largest absolute Gasteiger partial charge is 0.356 e. The van der Waals surface area contributed by atoms with E-state index < -0.39 is 0 Å². The normalized spacial score (nSPS) is 16.1. The van der Waals surface area contributed by atoms with E-state index in [4.69, 9.17) is 0 Å². The average Bonchev–Trinajstić information content (AvgIpc) is 3.17. The maximum atomic E-state index is 2.58. The van der Waals surface area contributed by atoms with Crippen LogP contribution in [0.15, 0.2) is 42.7 Å². The molecule has 0 N–H and O–H groups in total. The fourth-order valence-corrected chi connectivity index (χ4v) is 4.81. The molecule has 0 spiro atoms. The van der Waals surface area contributed by atoms with Gasteiger partial charge in [-0.15, -0.1) is 0 Å². The Morgan fingerprint density at radius 3 is 1.71 bits per heavy atom. The number of hydrogen-bond donors (Lipinski definition) is 0. The van der Waals surface area contributed by atoms with Gasteiger partial charge in [-0.2, -0.15) is 0 Å². The van der Waals surface area contributed by atoms with Crippen LogP contribution in [-0.2, 0) is 6.42 Å². The summed E-state index contributed by atoms with van der Waals surface area (Å²) in [5.41, 5.74) is 1.44. The lowest BCUT2D eigenvalue weighted by molar-refractivity contribution is 0.125. The van der Waals surface area contributed by atoms with E-state index >= 15 is 0 Å². The van der Waals surface area contributed by atoms with Crippen molar-refractivity contribution in [2.45, 2.75) is 129 Å². The highest BCUT2D eigenvalue weighted by Gasteiger charge is 2.27. The molecular weight excluding hydrogens is 376 g/mol. The molecule has 2 heteroatoms. The van der Waals surface area contributed by atoms with E-state index in [1.807, 2.05) is 0 Å². The van der Waals surface area contributed by atoms with Crippen molar-refractivity contribution in [2.24, 2.45) is 0 Å². The summed E-state index contributed by atoms with van der Waals surface area (Å²) in [5, 5.41) is 0. The fraction of sp³-hybridized carbons (Fsp3) is 0.724. The first-order valence-corrected chi connectivity index (χ1v) is 13.5. The third kappa shape index (κ3) is 10.6. The molecular formula is C29H50N2. The van der Waals surface area contributed by atoms with E-state index in [2.05, 4.69) is 73.3 Å². The first kappa shape index (κ1) is 25.8. The summed E-state index contributed by atoms with van der Waals surface area (Å²) in [4.78, 5) is 5.10. The van der Waals surface area contributed by atoms with Crippen LogP contribution in [0.5, 0.6) is 0 Å². The Morgan fingerprint density at radius 1 is 0.677 bits per heavy atom. The summed E-state index contributed by atoms with van der Waals surface area (Å²) in [6.45, 7) is 8.10. The quantitative estimate of drug-likeness (QED) is 0.217. The van der Waals surface area contributed by atoms with E-state index in [1.54, 1.807) is 0 Å². The van der Waals surface area contributed by atoms with Gasteiger partial charge >= 0.3 is 0 Å². The summed E-state index contributed by atoms with van der Waals surface area (Å²) < 4.78 is 0. The van der Waals surface area contributed by atoms with Gasteiger partial charge in [-0.05, 0) is 25.8 Å². The van der Waals surface area contributed by atoms with Crippen molar-refractivity contribution in [3.8, 4) is 0 Å². The topological polar surface area (TPSA) is 6.48 Å². The number of benzene rings is 1. The van der Waals surface area contributed by atoms with E-state index in [1.165, 1.54) is 102 Å². The van der Waals surface area contributed by atoms with Crippen molar-refractivity contribution in [1.29, 1.82) is 0 Å². The summed E-state index contributed by atoms with van der Waals surface area (Å²) in [5.74, 6) is 0. The first-order valence-electron chi connectivity index (χ1n) is 13.5. The minimum absolute atomic E-state index is 0.476. The van der Waals surface area contributed by atoms with Gasteiger partial charge in [0.2, 0.25) is 0 Å². The summed E-state index contributed by atoms with van der Waals surface area (Å²) in [6.07, 6.45) is 26.2. The summed E-state index contributed by atoms with van der Waals surface area (Å²) in [6, 6.07) is 11.5. The molecule has 0 amide bonds. The Bertz CT molecular complexity index is 565. The van der Waals surface area contributed by atoms with Crippen LogP contribution in [0.2, 0.25) is 0 Å². The Morgan fingerprint density at radius 2 is 1.19 bits per heavy atom. The van der Waals surface area contributed by atoms with Crippen LogP contribution in [-0.4, -0.2) is 28.6 Å². The van der Waals surface area contributed by atoms with Crippen molar-refractivity contribution in [2.75, 3.05) is 6.54 Å². The van der Waals surface area contributed by atoms with Crippen LogP contribution in [0.1, 0.15) is 116 Å². The van der Waals surface area contributed by atoms with E-state index in [9.17, 15) is 0 Å². The molecule has 0 saturated carbocycles. The fourth-order valence-electron chi connectivity index (χ4n) is 4.81. The monoisotopic (exact) mass is 426 g/mol. The van der Waals surface area contributed by atoms with Gasteiger partial charge in [0.1, 0.15) is 6.17 Å². The zero-order valence-corrected chi connectivity index (χ0v) is 20.9. The molecule has 1 atom stereocenters. The smallest absolute Gasteiger partial charge is 0.105 e. The predicted octanol–water partition coefficient (Wildman–Crippen LogP) is 8.53. The molecule has 1 aromatic rings. The second-order valence-corrected chi connectivity index (χ2v) is 9.84. The molecule has 0 fully saturated rings. The van der Waals surface area contributed by atoms with Crippen LogP contribution in [0.3, 0.4) is 0 Å². The van der Waals surface area contributed by atoms with Crippen LogP contribution in [0.4, 0.5) is 0 Å². The molecule has 176 valence electrons. The van der Waals surface area contributed by atoms with Crippen molar-refractivity contribution >= 4 is 0 Å². The second kappa shape index (κ2) is 16.2. The molecule has 2 rings (SSSR count). The Kier molecular flexibility index (Phi) is 13.5. The van der Waals surface area contributed by atoms with Gasteiger partial charge in [0.05, 0.1) is 0 Å². The van der Waals surface area contributed by atoms with Gasteiger partial charge in [0.15, 0.2) is 0 Å². The molecule has 0 saturated heterocycles. The molecule has 0 aromatic heterocycles. The maximum Gasteiger partial charge on any atom is 0.105 e. The lowest BCUT2D eigenvalue weighted by Crippen LogP contribution is -2.43. The predicted molar refractivity (Wildman–Crippen MR) is 137 cm³/mol. The Balaban J connectivity index is 1.51. The first-order chi connectivity index (χ1) is 15.2. The number of hydrogen-bond acceptors (Lipinski definition) is 2. The zero-order valence-electron chi connectivity index (χ0n) is 20.9. The molecule has 31 heavy (non-hydrogen) atoms. The molecule has 0 aliphatic carbocycles. The van der Waals surface area contributed by atoms with Crippen molar-refractivity contribution < 1.29 is 0 Å². The van der Waals surface area contributed by atoms with Gasteiger partial charge < -0.3 is 9.80 Å². The SMILES string of the molecule is CCCCCCCCCCCCCCCCN1C=CN(C(C)C)C1Cc1ccccc1. The van der Waals surface area contributed by atoms with Crippen molar-refractivity contribution in [3.05, 3.63) is 48.3 Å². The number of rotatable bonds is 18. The molecule has 1 aliphatic rings. The summed E-state index contributed by atoms with van der Waals surface area (Å²) in [7, 11) is 0. The van der Waals surface area contributed by atoms with E-state index in [0.717, 1.165) is 6.42 Å². The number of nitrogens with zero attached hydrogens (tertiary/aromatic N) is 2. The highest BCUT2D eigenvalue weighted by Crippen LogP contribution is 2.23. The highest BCUT2D eigenvalue weighted by atomic mass is 15.4. The lowest BCUT2D eigenvalue weighted by Gasteiger charge is -2.35. The van der Waals surface area contributed by atoms with Gasteiger partial charge in [-0.3, -0.25) is 0 Å².